The molecule has 0 saturated carbocycles. The third-order valence-corrected chi connectivity index (χ3v) is 1.90. The number of hydrogen-bond acceptors (Lipinski definition) is 2. The summed E-state index contributed by atoms with van der Waals surface area (Å²) in [4.78, 5) is 0. The van der Waals surface area contributed by atoms with Gasteiger partial charge in [0, 0.05) is 6.07 Å². The van der Waals surface area contributed by atoms with Gasteiger partial charge in [-0.3, -0.25) is 0 Å². The van der Waals surface area contributed by atoms with Gasteiger partial charge < -0.3 is 4.74 Å². The first-order valence-electron chi connectivity index (χ1n) is 4.64. The highest BCUT2D eigenvalue weighted by atomic mass is 16.5. The average Bonchev–Trinajstić information content (AvgIpc) is 2.68. The maximum atomic E-state index is 5.43. The second-order valence-corrected chi connectivity index (χ2v) is 2.85. The van der Waals surface area contributed by atoms with Crippen LogP contribution < -0.4 is 4.74 Å². The first kappa shape index (κ1) is 8.81. The van der Waals surface area contributed by atoms with Crippen molar-refractivity contribution in [1.29, 1.82) is 0 Å². The molecule has 0 atom stereocenters. The lowest BCUT2D eigenvalue weighted by atomic mass is 10.3. The van der Waals surface area contributed by atoms with Crippen molar-refractivity contribution in [3.05, 3.63) is 42.6 Å². The van der Waals surface area contributed by atoms with Crippen LogP contribution in [0.3, 0.4) is 0 Å². The zero-order valence-electron chi connectivity index (χ0n) is 8.05. The molecule has 0 N–H and O–H groups in total. The van der Waals surface area contributed by atoms with E-state index in [2.05, 4.69) is 5.10 Å². The molecular formula is C11H12N2O. The van der Waals surface area contributed by atoms with Gasteiger partial charge in [-0.05, 0) is 19.1 Å². The predicted octanol–water partition coefficient (Wildman–Crippen LogP) is 2.27. The number of para-hydroxylation sites is 1. The third kappa shape index (κ3) is 1.62. The molecule has 0 saturated heterocycles. The SMILES string of the molecule is CCOc1ccnn1-c1ccccc1. The van der Waals surface area contributed by atoms with Crippen LogP contribution in [-0.4, -0.2) is 16.4 Å². The normalized spacial score (nSPS) is 10.1. The minimum absolute atomic E-state index is 0.651. The predicted molar refractivity (Wildman–Crippen MR) is 54.7 cm³/mol. The highest BCUT2D eigenvalue weighted by molar-refractivity contribution is 5.34. The monoisotopic (exact) mass is 188 g/mol. The van der Waals surface area contributed by atoms with Crippen LogP contribution in [0.25, 0.3) is 5.69 Å². The Kier molecular flexibility index (Phi) is 2.49. The van der Waals surface area contributed by atoms with Gasteiger partial charge in [0.05, 0.1) is 18.5 Å². The van der Waals surface area contributed by atoms with E-state index in [1.54, 1.807) is 10.9 Å². The average molecular weight is 188 g/mol. The molecule has 72 valence electrons. The van der Waals surface area contributed by atoms with Crippen LogP contribution in [0.5, 0.6) is 5.88 Å². The molecule has 0 aliphatic heterocycles. The molecule has 0 spiro atoms. The van der Waals surface area contributed by atoms with Gasteiger partial charge in [0.15, 0.2) is 0 Å². The van der Waals surface area contributed by atoms with Crippen LogP contribution >= 0.6 is 0 Å². The Hall–Kier alpha value is -1.77. The molecule has 3 heteroatoms. The summed E-state index contributed by atoms with van der Waals surface area (Å²) in [5, 5.41) is 4.20. The van der Waals surface area contributed by atoms with Crippen LogP contribution in [0.15, 0.2) is 42.6 Å². The Labute approximate surface area is 82.9 Å². The van der Waals surface area contributed by atoms with Crippen LogP contribution in [0.4, 0.5) is 0 Å². The molecule has 0 amide bonds. The first-order chi connectivity index (χ1) is 6.92. The van der Waals surface area contributed by atoms with Crippen molar-refractivity contribution in [3.8, 4) is 11.6 Å². The molecule has 1 aromatic carbocycles. The molecule has 0 fully saturated rings. The van der Waals surface area contributed by atoms with Gasteiger partial charge >= 0.3 is 0 Å². The summed E-state index contributed by atoms with van der Waals surface area (Å²) in [7, 11) is 0. The molecule has 14 heavy (non-hydrogen) atoms. The largest absolute Gasteiger partial charge is 0.478 e. The van der Waals surface area contributed by atoms with E-state index in [0.717, 1.165) is 11.6 Å². The van der Waals surface area contributed by atoms with E-state index in [1.807, 2.05) is 43.3 Å². The summed E-state index contributed by atoms with van der Waals surface area (Å²) >= 11 is 0. The van der Waals surface area contributed by atoms with Gasteiger partial charge in [-0.2, -0.15) is 5.10 Å². The molecule has 3 nitrogen and oxygen atoms in total. The summed E-state index contributed by atoms with van der Waals surface area (Å²) in [5.41, 5.74) is 1.01. The van der Waals surface area contributed by atoms with Crippen molar-refractivity contribution in [3.63, 3.8) is 0 Å². The van der Waals surface area contributed by atoms with Gasteiger partial charge in [0.25, 0.3) is 0 Å². The number of ether oxygens (including phenoxy) is 1. The quantitative estimate of drug-likeness (QED) is 0.738. The van der Waals surface area contributed by atoms with Crippen LogP contribution in [0.1, 0.15) is 6.92 Å². The number of rotatable bonds is 3. The van der Waals surface area contributed by atoms with Crippen molar-refractivity contribution >= 4 is 0 Å². The summed E-state index contributed by atoms with van der Waals surface area (Å²) in [6.45, 7) is 2.61. The highest BCUT2D eigenvalue weighted by Gasteiger charge is 2.03. The van der Waals surface area contributed by atoms with Crippen LogP contribution in [-0.2, 0) is 0 Å². The number of benzene rings is 1. The van der Waals surface area contributed by atoms with Gasteiger partial charge in [0.2, 0.25) is 5.88 Å². The number of nitrogens with zero attached hydrogens (tertiary/aromatic N) is 2. The van der Waals surface area contributed by atoms with E-state index in [1.165, 1.54) is 0 Å². The third-order valence-electron chi connectivity index (χ3n) is 1.90. The van der Waals surface area contributed by atoms with E-state index in [-0.39, 0.29) is 0 Å². The van der Waals surface area contributed by atoms with Crippen molar-refractivity contribution in [2.75, 3.05) is 6.61 Å². The number of hydrogen-bond donors (Lipinski definition) is 0. The topological polar surface area (TPSA) is 27.1 Å². The maximum Gasteiger partial charge on any atom is 0.216 e. The highest BCUT2D eigenvalue weighted by Crippen LogP contribution is 2.15. The van der Waals surface area contributed by atoms with Crippen LogP contribution in [0.2, 0.25) is 0 Å². The fourth-order valence-corrected chi connectivity index (χ4v) is 1.31. The van der Waals surface area contributed by atoms with E-state index in [4.69, 9.17) is 4.74 Å². The fourth-order valence-electron chi connectivity index (χ4n) is 1.31. The fraction of sp³-hybridized carbons (Fsp3) is 0.182. The molecule has 0 radical (unpaired) electrons. The minimum Gasteiger partial charge on any atom is -0.478 e. The van der Waals surface area contributed by atoms with Crippen molar-refractivity contribution in [2.45, 2.75) is 6.92 Å². The zero-order chi connectivity index (χ0) is 9.80. The van der Waals surface area contributed by atoms with Crippen molar-refractivity contribution < 1.29 is 4.74 Å². The lowest BCUT2D eigenvalue weighted by Gasteiger charge is -2.06. The van der Waals surface area contributed by atoms with Gasteiger partial charge in [-0.15, -0.1) is 0 Å². The van der Waals surface area contributed by atoms with E-state index in [9.17, 15) is 0 Å². The number of aromatic nitrogens is 2. The Morgan fingerprint density at radius 3 is 2.71 bits per heavy atom. The van der Waals surface area contributed by atoms with Gasteiger partial charge in [-0.1, -0.05) is 18.2 Å². The minimum atomic E-state index is 0.651. The standard InChI is InChI=1S/C11H12N2O/c1-2-14-11-8-9-12-13(11)10-6-4-3-5-7-10/h3-9H,2H2,1H3. The Morgan fingerprint density at radius 1 is 1.21 bits per heavy atom. The second-order valence-electron chi connectivity index (χ2n) is 2.85. The zero-order valence-corrected chi connectivity index (χ0v) is 8.05. The summed E-state index contributed by atoms with van der Waals surface area (Å²) in [6, 6.07) is 11.8. The van der Waals surface area contributed by atoms with Crippen molar-refractivity contribution in [1.82, 2.24) is 9.78 Å². The van der Waals surface area contributed by atoms with E-state index < -0.39 is 0 Å². The molecule has 1 aromatic heterocycles. The second kappa shape index (κ2) is 3.96. The molecule has 0 aliphatic carbocycles. The lowest BCUT2D eigenvalue weighted by molar-refractivity contribution is 0.316. The van der Waals surface area contributed by atoms with Crippen molar-refractivity contribution in [2.24, 2.45) is 0 Å². The van der Waals surface area contributed by atoms with E-state index >= 15 is 0 Å². The Bertz CT molecular complexity index is 395. The molecular weight excluding hydrogens is 176 g/mol. The summed E-state index contributed by atoms with van der Waals surface area (Å²) in [6.07, 6.45) is 1.73. The molecule has 0 aliphatic rings. The lowest BCUT2D eigenvalue weighted by Crippen LogP contribution is -2.01. The molecule has 2 aromatic rings. The first-order valence-corrected chi connectivity index (χ1v) is 4.64. The molecule has 2 rings (SSSR count). The molecule has 0 unspecified atom stereocenters. The van der Waals surface area contributed by atoms with Gasteiger partial charge in [-0.25, -0.2) is 4.68 Å². The molecule has 1 heterocycles. The Morgan fingerprint density at radius 2 is 2.00 bits per heavy atom. The van der Waals surface area contributed by atoms with Gasteiger partial charge in [0.1, 0.15) is 0 Å². The molecule has 0 bridgehead atoms. The smallest absolute Gasteiger partial charge is 0.216 e. The Balaban J connectivity index is 2.37. The summed E-state index contributed by atoms with van der Waals surface area (Å²) < 4.78 is 7.21. The summed E-state index contributed by atoms with van der Waals surface area (Å²) in [5.74, 6) is 0.777. The van der Waals surface area contributed by atoms with E-state index in [0.29, 0.717) is 6.61 Å². The maximum absolute atomic E-state index is 5.43. The van der Waals surface area contributed by atoms with Crippen LogP contribution in [0, 0.1) is 0 Å².